The van der Waals surface area contributed by atoms with Gasteiger partial charge in [-0.3, -0.25) is 0 Å². The number of aromatic nitrogens is 3. The third-order valence-corrected chi connectivity index (χ3v) is 4.98. The molecule has 0 saturated heterocycles. The fourth-order valence-electron chi connectivity index (χ4n) is 3.09. The maximum atomic E-state index is 6.21. The van der Waals surface area contributed by atoms with Gasteiger partial charge in [-0.2, -0.15) is 10.1 Å². The second-order valence-electron chi connectivity index (χ2n) is 6.08. The number of hydrogen-bond acceptors (Lipinski definition) is 5. The van der Waals surface area contributed by atoms with Crippen molar-refractivity contribution in [3.8, 4) is 0 Å². The van der Waals surface area contributed by atoms with E-state index >= 15 is 0 Å². The van der Waals surface area contributed by atoms with E-state index in [0.717, 1.165) is 30.6 Å². The van der Waals surface area contributed by atoms with E-state index < -0.39 is 0 Å². The molecule has 0 radical (unpaired) electrons. The second-order valence-corrected chi connectivity index (χ2v) is 6.93. The molecule has 26 heavy (non-hydrogen) atoms. The second kappa shape index (κ2) is 7.48. The fraction of sp³-hybridized carbons (Fsp3) is 0.211. The van der Waals surface area contributed by atoms with Crippen molar-refractivity contribution in [3.63, 3.8) is 0 Å². The third kappa shape index (κ3) is 3.59. The highest BCUT2D eigenvalue weighted by molar-refractivity contribution is 6.35. The van der Waals surface area contributed by atoms with E-state index in [-0.39, 0.29) is 0 Å². The molecule has 3 aromatic rings. The van der Waals surface area contributed by atoms with Gasteiger partial charge in [0.2, 0.25) is 0 Å². The van der Waals surface area contributed by atoms with E-state index in [1.807, 2.05) is 18.2 Å². The van der Waals surface area contributed by atoms with Crippen LogP contribution in [-0.4, -0.2) is 28.3 Å². The van der Waals surface area contributed by atoms with Crippen LogP contribution < -0.4 is 10.2 Å². The van der Waals surface area contributed by atoms with Crippen LogP contribution >= 0.6 is 23.2 Å². The van der Waals surface area contributed by atoms with Crippen molar-refractivity contribution in [2.75, 3.05) is 23.3 Å². The predicted molar refractivity (Wildman–Crippen MR) is 106 cm³/mol. The molecule has 0 saturated carbocycles. The number of nitrogens with zero attached hydrogens (tertiary/aromatic N) is 4. The summed E-state index contributed by atoms with van der Waals surface area (Å²) in [6.45, 7) is 1.56. The Morgan fingerprint density at radius 2 is 2.00 bits per heavy atom. The van der Waals surface area contributed by atoms with Gasteiger partial charge in [0, 0.05) is 28.8 Å². The Morgan fingerprint density at radius 3 is 2.88 bits per heavy atom. The number of fused-ring (bicyclic) bond motifs is 1. The largest absolute Gasteiger partial charge is 0.368 e. The van der Waals surface area contributed by atoms with Crippen molar-refractivity contribution in [1.82, 2.24) is 15.2 Å². The Kier molecular flexibility index (Phi) is 4.91. The van der Waals surface area contributed by atoms with Crippen molar-refractivity contribution in [1.29, 1.82) is 0 Å². The van der Waals surface area contributed by atoms with Crippen LogP contribution in [0.3, 0.4) is 0 Å². The molecule has 4 rings (SSSR count). The zero-order valence-electron chi connectivity index (χ0n) is 14.0. The highest BCUT2D eigenvalue weighted by atomic mass is 35.5. The van der Waals surface area contributed by atoms with Crippen LogP contribution in [-0.2, 0) is 12.8 Å². The van der Waals surface area contributed by atoms with Crippen LogP contribution in [0.1, 0.15) is 11.1 Å². The van der Waals surface area contributed by atoms with Crippen molar-refractivity contribution >= 4 is 40.7 Å². The molecule has 7 heteroatoms. The Morgan fingerprint density at radius 1 is 1.12 bits per heavy atom. The van der Waals surface area contributed by atoms with Gasteiger partial charge in [-0.05, 0) is 42.2 Å². The Balaban J connectivity index is 1.44. The number of para-hydroxylation sites is 1. The summed E-state index contributed by atoms with van der Waals surface area (Å²) in [5.41, 5.74) is 3.51. The van der Waals surface area contributed by atoms with Crippen LogP contribution in [0.2, 0.25) is 10.0 Å². The standard InChI is InChI=1S/C19H17Cl2N5/c20-15-6-5-13(16(21)11-15)7-9-22-18-12-23-25-19(24-18)26-10-8-14-3-1-2-4-17(14)26/h1-6,11-12H,7-10H2,(H,22,24,25). The first-order chi connectivity index (χ1) is 12.7. The minimum Gasteiger partial charge on any atom is -0.368 e. The lowest BCUT2D eigenvalue weighted by Gasteiger charge is -2.17. The number of anilines is 3. The SMILES string of the molecule is Clc1ccc(CCNc2cnnc(N3CCc4ccccc43)n2)c(Cl)c1. The summed E-state index contributed by atoms with van der Waals surface area (Å²) in [5, 5.41) is 12.9. The van der Waals surface area contributed by atoms with E-state index in [1.54, 1.807) is 12.3 Å². The summed E-state index contributed by atoms with van der Waals surface area (Å²) in [4.78, 5) is 6.71. The van der Waals surface area contributed by atoms with Gasteiger partial charge in [-0.15, -0.1) is 5.10 Å². The van der Waals surface area contributed by atoms with Crippen LogP contribution in [0.25, 0.3) is 0 Å². The number of nitrogens with one attached hydrogen (secondary N) is 1. The molecular formula is C19H17Cl2N5. The summed E-state index contributed by atoms with van der Waals surface area (Å²) in [6, 6.07) is 13.9. The lowest BCUT2D eigenvalue weighted by atomic mass is 10.1. The van der Waals surface area contributed by atoms with E-state index in [0.29, 0.717) is 28.4 Å². The number of benzene rings is 2. The van der Waals surface area contributed by atoms with Gasteiger partial charge in [0.15, 0.2) is 5.82 Å². The fourth-order valence-corrected chi connectivity index (χ4v) is 3.59. The summed E-state index contributed by atoms with van der Waals surface area (Å²) in [7, 11) is 0. The van der Waals surface area contributed by atoms with Crippen LogP contribution in [0.15, 0.2) is 48.7 Å². The molecule has 0 spiro atoms. The summed E-state index contributed by atoms with van der Waals surface area (Å²) in [5.74, 6) is 1.31. The molecule has 5 nitrogen and oxygen atoms in total. The van der Waals surface area contributed by atoms with E-state index in [1.165, 1.54) is 5.56 Å². The molecule has 0 bridgehead atoms. The molecule has 0 unspecified atom stereocenters. The van der Waals surface area contributed by atoms with Gasteiger partial charge >= 0.3 is 0 Å². The first kappa shape index (κ1) is 17.1. The maximum Gasteiger partial charge on any atom is 0.251 e. The minimum atomic E-state index is 0.615. The van der Waals surface area contributed by atoms with E-state index in [9.17, 15) is 0 Å². The third-order valence-electron chi connectivity index (χ3n) is 4.39. The lowest BCUT2D eigenvalue weighted by molar-refractivity contribution is 0.879. The summed E-state index contributed by atoms with van der Waals surface area (Å²) in [6.07, 6.45) is 3.39. The van der Waals surface area contributed by atoms with Crippen LogP contribution in [0.5, 0.6) is 0 Å². The summed E-state index contributed by atoms with van der Waals surface area (Å²) >= 11 is 12.1. The highest BCUT2D eigenvalue weighted by Gasteiger charge is 2.22. The normalized spacial score (nSPS) is 12.9. The van der Waals surface area contributed by atoms with Crippen molar-refractivity contribution < 1.29 is 0 Å². The molecule has 0 atom stereocenters. The number of hydrogen-bond donors (Lipinski definition) is 1. The quantitative estimate of drug-likeness (QED) is 0.699. The molecule has 0 fully saturated rings. The molecule has 2 heterocycles. The number of halogens is 2. The average molecular weight is 386 g/mol. The molecule has 2 aromatic carbocycles. The molecule has 0 amide bonds. The molecule has 1 N–H and O–H groups in total. The molecule has 1 aliphatic heterocycles. The van der Waals surface area contributed by atoms with Crippen LogP contribution in [0, 0.1) is 0 Å². The van der Waals surface area contributed by atoms with Crippen molar-refractivity contribution in [3.05, 3.63) is 69.8 Å². The molecule has 132 valence electrons. The monoisotopic (exact) mass is 385 g/mol. The number of rotatable bonds is 5. The first-order valence-corrected chi connectivity index (χ1v) is 9.19. The van der Waals surface area contributed by atoms with E-state index in [4.69, 9.17) is 23.2 Å². The predicted octanol–water partition coefficient (Wildman–Crippen LogP) is 4.53. The highest BCUT2D eigenvalue weighted by Crippen LogP contribution is 2.32. The Labute approximate surface area is 162 Å². The molecule has 0 aliphatic carbocycles. The van der Waals surface area contributed by atoms with Gasteiger partial charge in [-0.25, -0.2) is 0 Å². The Bertz CT molecular complexity index is 931. The lowest BCUT2D eigenvalue weighted by Crippen LogP contribution is -2.18. The minimum absolute atomic E-state index is 0.615. The van der Waals surface area contributed by atoms with Gasteiger partial charge in [0.1, 0.15) is 0 Å². The van der Waals surface area contributed by atoms with Crippen LogP contribution in [0.4, 0.5) is 17.5 Å². The Hall–Kier alpha value is -2.37. The maximum absolute atomic E-state index is 6.21. The van der Waals surface area contributed by atoms with Crippen molar-refractivity contribution in [2.45, 2.75) is 12.8 Å². The van der Waals surface area contributed by atoms with Crippen molar-refractivity contribution in [2.24, 2.45) is 0 Å². The van der Waals surface area contributed by atoms with Gasteiger partial charge in [-0.1, -0.05) is 47.5 Å². The van der Waals surface area contributed by atoms with Gasteiger partial charge < -0.3 is 10.2 Å². The van der Waals surface area contributed by atoms with E-state index in [2.05, 4.69) is 43.6 Å². The zero-order valence-corrected chi connectivity index (χ0v) is 15.5. The smallest absolute Gasteiger partial charge is 0.251 e. The molecule has 1 aliphatic rings. The molecular weight excluding hydrogens is 369 g/mol. The van der Waals surface area contributed by atoms with Gasteiger partial charge in [0.05, 0.1) is 6.20 Å². The molecule has 1 aromatic heterocycles. The zero-order chi connectivity index (χ0) is 17.9. The van der Waals surface area contributed by atoms with Gasteiger partial charge in [0.25, 0.3) is 5.95 Å². The average Bonchev–Trinajstić information content (AvgIpc) is 3.08. The summed E-state index contributed by atoms with van der Waals surface area (Å²) < 4.78 is 0. The first-order valence-electron chi connectivity index (χ1n) is 8.44. The topological polar surface area (TPSA) is 53.9 Å².